The summed E-state index contributed by atoms with van der Waals surface area (Å²) in [5.74, 6) is 0.220. The highest BCUT2D eigenvalue weighted by molar-refractivity contribution is 8.05. The molecule has 0 spiro atoms. The zero-order chi connectivity index (χ0) is 18.0. The fourth-order valence-corrected chi connectivity index (χ4v) is 5.40. The van der Waals surface area contributed by atoms with Crippen LogP contribution in [0.4, 0.5) is 0 Å². The molecule has 1 aromatic rings. The molecule has 132 valence electrons. The van der Waals surface area contributed by atoms with E-state index >= 15 is 0 Å². The summed E-state index contributed by atoms with van der Waals surface area (Å²) in [6, 6.07) is 10.5. The number of carbonyl (C=O) groups excluding carboxylic acids is 2. The fraction of sp³-hybridized carbons (Fsp3) is 0.368. The molecule has 0 unspecified atom stereocenters. The Bertz CT molecular complexity index is 730. The van der Waals surface area contributed by atoms with E-state index < -0.39 is 0 Å². The van der Waals surface area contributed by atoms with Gasteiger partial charge < -0.3 is 10.2 Å². The standard InChI is InChI=1S/C19H22N2O2S2/c1-12-17(24-10-9-20-14(3)22)11-16-18(19(23)21(12)16)13(2)25-15-7-5-4-6-8-15/h4-10,13,16,18H,11H2,1-3H3,(H,20,22)/b10-9+/t13-,16-,18-/m1/s1. The van der Waals surface area contributed by atoms with Crippen molar-refractivity contribution in [3.05, 3.63) is 52.5 Å². The summed E-state index contributed by atoms with van der Waals surface area (Å²) in [6.45, 7) is 5.64. The van der Waals surface area contributed by atoms with Crippen molar-refractivity contribution in [2.24, 2.45) is 5.92 Å². The molecule has 3 rings (SSSR count). The number of hydrogen-bond acceptors (Lipinski definition) is 4. The van der Waals surface area contributed by atoms with E-state index in [2.05, 4.69) is 24.4 Å². The molecular formula is C19H22N2O2S2. The van der Waals surface area contributed by atoms with Gasteiger partial charge in [0.15, 0.2) is 0 Å². The zero-order valence-corrected chi connectivity index (χ0v) is 16.2. The number of hydrogen-bond donors (Lipinski definition) is 1. The Labute approximate surface area is 157 Å². The van der Waals surface area contributed by atoms with Crippen LogP contribution in [0.2, 0.25) is 0 Å². The molecule has 0 aromatic heterocycles. The van der Waals surface area contributed by atoms with Crippen LogP contribution in [0, 0.1) is 5.92 Å². The lowest BCUT2D eigenvalue weighted by atomic mass is 9.85. The van der Waals surface area contributed by atoms with Gasteiger partial charge in [-0.2, -0.15) is 0 Å². The number of fused-ring (bicyclic) bond motifs is 1. The first-order valence-corrected chi connectivity index (χ1v) is 10.1. The number of β-lactam (4-membered cyclic amide) rings is 1. The van der Waals surface area contributed by atoms with Crippen LogP contribution in [-0.4, -0.2) is 28.0 Å². The molecule has 0 bridgehead atoms. The van der Waals surface area contributed by atoms with Gasteiger partial charge in [0.05, 0.1) is 12.0 Å². The minimum atomic E-state index is -0.0835. The first-order chi connectivity index (χ1) is 12.0. The third kappa shape index (κ3) is 3.80. The number of amides is 2. The van der Waals surface area contributed by atoms with Gasteiger partial charge in [-0.3, -0.25) is 9.59 Å². The van der Waals surface area contributed by atoms with E-state index in [1.54, 1.807) is 29.7 Å². The normalized spacial score (nSPS) is 23.6. The minimum Gasteiger partial charge on any atom is -0.332 e. The van der Waals surface area contributed by atoms with Gasteiger partial charge >= 0.3 is 0 Å². The van der Waals surface area contributed by atoms with Crippen molar-refractivity contribution in [3.63, 3.8) is 0 Å². The highest BCUT2D eigenvalue weighted by Crippen LogP contribution is 2.49. The van der Waals surface area contributed by atoms with Crippen LogP contribution < -0.4 is 5.32 Å². The van der Waals surface area contributed by atoms with Gasteiger partial charge in [0, 0.05) is 40.3 Å². The molecule has 2 amide bonds. The van der Waals surface area contributed by atoms with Crippen molar-refractivity contribution in [1.29, 1.82) is 0 Å². The Hall–Kier alpha value is -1.66. The summed E-state index contributed by atoms with van der Waals surface area (Å²) >= 11 is 3.36. The fourth-order valence-electron chi connectivity index (χ4n) is 3.37. The van der Waals surface area contributed by atoms with Gasteiger partial charge in [0.25, 0.3) is 0 Å². The summed E-state index contributed by atoms with van der Waals surface area (Å²) in [5.41, 5.74) is 1.06. The van der Waals surface area contributed by atoms with E-state index in [-0.39, 0.29) is 29.0 Å². The summed E-state index contributed by atoms with van der Waals surface area (Å²) in [5, 5.41) is 4.76. The maximum absolute atomic E-state index is 12.6. The van der Waals surface area contributed by atoms with E-state index in [1.165, 1.54) is 16.7 Å². The smallest absolute Gasteiger partial charge is 0.233 e. The predicted molar refractivity (Wildman–Crippen MR) is 104 cm³/mol. The number of allylic oxidation sites excluding steroid dienone is 1. The van der Waals surface area contributed by atoms with Crippen molar-refractivity contribution in [3.8, 4) is 0 Å². The van der Waals surface area contributed by atoms with Crippen LogP contribution in [-0.2, 0) is 9.59 Å². The van der Waals surface area contributed by atoms with E-state index in [0.717, 1.165) is 12.1 Å². The SMILES string of the molecule is CC(=O)N/C=C/SC1=C(C)N2C(=O)[C@H]([C@@H](C)Sc3ccccc3)[C@H]2C1. The molecule has 2 heterocycles. The molecule has 0 aliphatic carbocycles. The van der Waals surface area contributed by atoms with Gasteiger partial charge in [-0.1, -0.05) is 36.9 Å². The third-order valence-corrected chi connectivity index (χ3v) is 6.79. The lowest BCUT2D eigenvalue weighted by molar-refractivity contribution is -0.150. The van der Waals surface area contributed by atoms with Gasteiger partial charge in [0.2, 0.25) is 11.8 Å². The monoisotopic (exact) mass is 374 g/mol. The molecule has 25 heavy (non-hydrogen) atoms. The molecule has 4 nitrogen and oxygen atoms in total. The second-order valence-corrected chi connectivity index (χ2v) is 8.72. The van der Waals surface area contributed by atoms with Crippen LogP contribution >= 0.6 is 23.5 Å². The number of nitrogens with zero attached hydrogens (tertiary/aromatic N) is 1. The first kappa shape index (κ1) is 18.1. The maximum atomic E-state index is 12.6. The van der Waals surface area contributed by atoms with Gasteiger partial charge in [0.1, 0.15) is 0 Å². The number of thioether (sulfide) groups is 2. The molecule has 0 radical (unpaired) electrons. The third-order valence-electron chi connectivity index (χ3n) is 4.56. The molecule has 2 aliphatic heterocycles. The van der Waals surface area contributed by atoms with Crippen molar-refractivity contribution in [2.75, 3.05) is 0 Å². The predicted octanol–water partition coefficient (Wildman–Crippen LogP) is 3.97. The van der Waals surface area contributed by atoms with Crippen molar-refractivity contribution >= 4 is 35.3 Å². The van der Waals surface area contributed by atoms with E-state index in [1.807, 2.05) is 35.4 Å². The van der Waals surface area contributed by atoms with Crippen LogP contribution in [0.25, 0.3) is 0 Å². The van der Waals surface area contributed by atoms with E-state index in [9.17, 15) is 9.59 Å². The topological polar surface area (TPSA) is 49.4 Å². The average Bonchev–Trinajstić information content (AvgIpc) is 2.84. The second-order valence-electron chi connectivity index (χ2n) is 6.27. The van der Waals surface area contributed by atoms with E-state index in [4.69, 9.17) is 0 Å². The summed E-state index contributed by atoms with van der Waals surface area (Å²) < 4.78 is 0. The highest BCUT2D eigenvalue weighted by Gasteiger charge is 2.54. The molecule has 1 saturated heterocycles. The summed E-state index contributed by atoms with van der Waals surface area (Å²) in [4.78, 5) is 27.9. The lowest BCUT2D eigenvalue weighted by Gasteiger charge is -2.46. The zero-order valence-electron chi connectivity index (χ0n) is 14.6. The average molecular weight is 375 g/mol. The molecule has 1 N–H and O–H groups in total. The summed E-state index contributed by atoms with van der Waals surface area (Å²) in [6.07, 6.45) is 2.55. The molecule has 1 fully saturated rings. The Kier molecular flexibility index (Phi) is 5.59. The molecule has 6 heteroatoms. The van der Waals surface area contributed by atoms with Crippen LogP contribution in [0.3, 0.4) is 0 Å². The van der Waals surface area contributed by atoms with Gasteiger partial charge in [-0.15, -0.1) is 11.8 Å². The Balaban J connectivity index is 1.61. The van der Waals surface area contributed by atoms with Crippen LogP contribution in [0.15, 0.2) is 57.4 Å². The molecule has 0 saturated carbocycles. The highest BCUT2D eigenvalue weighted by atomic mass is 32.2. The van der Waals surface area contributed by atoms with Gasteiger partial charge in [-0.25, -0.2) is 0 Å². The number of nitrogens with one attached hydrogen (secondary N) is 1. The minimum absolute atomic E-state index is 0.0672. The Morgan fingerprint density at radius 2 is 2.08 bits per heavy atom. The second kappa shape index (κ2) is 7.70. The van der Waals surface area contributed by atoms with Crippen LogP contribution in [0.1, 0.15) is 27.2 Å². The molecular weight excluding hydrogens is 352 g/mol. The largest absolute Gasteiger partial charge is 0.332 e. The molecule has 2 aliphatic rings. The summed E-state index contributed by atoms with van der Waals surface area (Å²) in [7, 11) is 0. The first-order valence-electron chi connectivity index (χ1n) is 8.32. The maximum Gasteiger partial charge on any atom is 0.233 e. The lowest BCUT2D eigenvalue weighted by Crippen LogP contribution is -2.60. The van der Waals surface area contributed by atoms with Crippen molar-refractivity contribution in [2.45, 2.75) is 43.4 Å². The quantitative estimate of drug-likeness (QED) is 0.605. The van der Waals surface area contributed by atoms with E-state index in [0.29, 0.717) is 0 Å². The molecule has 3 atom stereocenters. The number of benzene rings is 1. The Morgan fingerprint density at radius 1 is 1.36 bits per heavy atom. The number of rotatable bonds is 6. The number of carbonyl (C=O) groups is 2. The van der Waals surface area contributed by atoms with Crippen LogP contribution in [0.5, 0.6) is 0 Å². The van der Waals surface area contributed by atoms with Crippen molar-refractivity contribution < 1.29 is 9.59 Å². The Morgan fingerprint density at radius 3 is 2.76 bits per heavy atom. The molecule has 1 aromatic carbocycles. The van der Waals surface area contributed by atoms with Crippen molar-refractivity contribution in [1.82, 2.24) is 10.2 Å². The van der Waals surface area contributed by atoms with Gasteiger partial charge in [-0.05, 0) is 24.5 Å².